The van der Waals surface area contributed by atoms with Crippen molar-refractivity contribution in [2.24, 2.45) is 0 Å². The summed E-state index contributed by atoms with van der Waals surface area (Å²) in [6.07, 6.45) is 0.0503. The van der Waals surface area contributed by atoms with Crippen molar-refractivity contribution >= 4 is 27.5 Å². The number of nitrogens with one attached hydrogen (secondary N) is 2. The van der Waals surface area contributed by atoms with E-state index in [0.29, 0.717) is 13.0 Å². The molecule has 4 nitrogen and oxygen atoms in total. The lowest BCUT2D eigenvalue weighted by atomic mass is 10.2. The molecule has 3 N–H and O–H groups in total. The highest BCUT2D eigenvalue weighted by Gasteiger charge is 2.27. The first-order valence-electron chi connectivity index (χ1n) is 5.54. The standard InChI is InChI=1S/C12H15BrN2O2/c1-7-2-3-8(4-10(7)13)15-12(17)11-5-9(16)6-14-11/h2-4,9,11,14,16H,5-6H2,1H3,(H,15,17). The summed E-state index contributed by atoms with van der Waals surface area (Å²) in [7, 11) is 0. The molecular weight excluding hydrogens is 284 g/mol. The molecule has 1 heterocycles. The second-order valence-corrected chi connectivity index (χ2v) is 5.16. The Balaban J connectivity index is 2.00. The molecular formula is C12H15BrN2O2. The zero-order valence-electron chi connectivity index (χ0n) is 9.53. The molecule has 1 aromatic carbocycles. The lowest BCUT2D eigenvalue weighted by Gasteiger charge is -2.11. The highest BCUT2D eigenvalue weighted by molar-refractivity contribution is 9.10. The maximum atomic E-state index is 11.9. The normalized spacial score (nSPS) is 23.7. The number of amides is 1. The summed E-state index contributed by atoms with van der Waals surface area (Å²) < 4.78 is 0.967. The van der Waals surface area contributed by atoms with Crippen LogP contribution in [0.15, 0.2) is 22.7 Å². The fraction of sp³-hybridized carbons (Fsp3) is 0.417. The summed E-state index contributed by atoms with van der Waals surface area (Å²) in [5.74, 6) is -0.0997. The van der Waals surface area contributed by atoms with Crippen LogP contribution in [0.1, 0.15) is 12.0 Å². The highest BCUT2D eigenvalue weighted by atomic mass is 79.9. The third kappa shape index (κ3) is 3.06. The molecule has 0 saturated carbocycles. The first-order chi connectivity index (χ1) is 8.06. The van der Waals surface area contributed by atoms with Crippen LogP contribution in [0.3, 0.4) is 0 Å². The summed E-state index contributed by atoms with van der Waals surface area (Å²) in [5.41, 5.74) is 1.88. The Kier molecular flexibility index (Phi) is 3.81. The molecule has 1 aromatic rings. The van der Waals surface area contributed by atoms with Crippen LogP contribution >= 0.6 is 15.9 Å². The molecule has 1 aliphatic heterocycles. The second-order valence-electron chi connectivity index (χ2n) is 4.30. The number of anilines is 1. The number of aliphatic hydroxyl groups is 1. The van der Waals surface area contributed by atoms with Crippen LogP contribution in [0.4, 0.5) is 5.69 Å². The minimum absolute atomic E-state index is 0.0997. The molecule has 0 radical (unpaired) electrons. The third-order valence-electron chi connectivity index (χ3n) is 2.86. The molecule has 5 heteroatoms. The lowest BCUT2D eigenvalue weighted by molar-refractivity contribution is -0.117. The third-order valence-corrected chi connectivity index (χ3v) is 3.72. The van der Waals surface area contributed by atoms with Gasteiger partial charge >= 0.3 is 0 Å². The monoisotopic (exact) mass is 298 g/mol. The minimum atomic E-state index is -0.421. The Morgan fingerprint density at radius 1 is 1.59 bits per heavy atom. The Morgan fingerprint density at radius 3 is 2.94 bits per heavy atom. The summed E-state index contributed by atoms with van der Waals surface area (Å²) in [6, 6.07) is 5.38. The van der Waals surface area contributed by atoms with Crippen molar-refractivity contribution in [3.8, 4) is 0 Å². The number of carbonyl (C=O) groups is 1. The van der Waals surface area contributed by atoms with E-state index in [4.69, 9.17) is 0 Å². The SMILES string of the molecule is Cc1ccc(NC(=O)C2CC(O)CN2)cc1Br. The molecule has 0 aromatic heterocycles. The van der Waals surface area contributed by atoms with Gasteiger partial charge in [-0.15, -0.1) is 0 Å². The molecule has 17 heavy (non-hydrogen) atoms. The molecule has 2 rings (SSSR count). The lowest BCUT2D eigenvalue weighted by Crippen LogP contribution is -2.35. The van der Waals surface area contributed by atoms with E-state index in [1.165, 1.54) is 0 Å². The van der Waals surface area contributed by atoms with Gasteiger partial charge in [-0.2, -0.15) is 0 Å². The summed E-state index contributed by atoms with van der Waals surface area (Å²) in [4.78, 5) is 11.9. The van der Waals surface area contributed by atoms with Gasteiger partial charge in [0.25, 0.3) is 0 Å². The van der Waals surface area contributed by atoms with Crippen LogP contribution in [-0.4, -0.2) is 29.7 Å². The van der Waals surface area contributed by atoms with Gasteiger partial charge in [0.2, 0.25) is 5.91 Å². The van der Waals surface area contributed by atoms with Crippen molar-refractivity contribution in [3.05, 3.63) is 28.2 Å². The number of rotatable bonds is 2. The van der Waals surface area contributed by atoms with Crippen LogP contribution < -0.4 is 10.6 Å². The van der Waals surface area contributed by atoms with Gasteiger partial charge in [-0.1, -0.05) is 22.0 Å². The van der Waals surface area contributed by atoms with E-state index in [-0.39, 0.29) is 11.9 Å². The number of β-amino-alcohol motifs (C(OH)–C–C–N with tert-alkyl or cyclic N) is 1. The molecule has 1 saturated heterocycles. The Labute approximate surface area is 109 Å². The molecule has 92 valence electrons. The first-order valence-corrected chi connectivity index (χ1v) is 6.34. The minimum Gasteiger partial charge on any atom is -0.392 e. The number of hydrogen-bond donors (Lipinski definition) is 3. The highest BCUT2D eigenvalue weighted by Crippen LogP contribution is 2.21. The van der Waals surface area contributed by atoms with Crippen LogP contribution in [0, 0.1) is 6.92 Å². The molecule has 1 fully saturated rings. The first kappa shape index (κ1) is 12.5. The van der Waals surface area contributed by atoms with E-state index in [1.807, 2.05) is 25.1 Å². The van der Waals surface area contributed by atoms with Crippen LogP contribution in [-0.2, 0) is 4.79 Å². The van der Waals surface area contributed by atoms with Crippen molar-refractivity contribution in [1.29, 1.82) is 0 Å². The van der Waals surface area contributed by atoms with Gasteiger partial charge < -0.3 is 15.7 Å². The quantitative estimate of drug-likeness (QED) is 0.774. The summed E-state index contributed by atoms with van der Waals surface area (Å²) in [5, 5.41) is 15.2. The number of aliphatic hydroxyl groups excluding tert-OH is 1. The van der Waals surface area contributed by atoms with Crippen LogP contribution in [0.2, 0.25) is 0 Å². The number of halogens is 1. The average molecular weight is 299 g/mol. The van der Waals surface area contributed by atoms with Crippen molar-refractivity contribution in [3.63, 3.8) is 0 Å². The molecule has 2 atom stereocenters. The van der Waals surface area contributed by atoms with Gasteiger partial charge in [0, 0.05) is 16.7 Å². The maximum absolute atomic E-state index is 11.9. The van der Waals surface area contributed by atoms with E-state index in [0.717, 1.165) is 15.7 Å². The van der Waals surface area contributed by atoms with Gasteiger partial charge in [-0.05, 0) is 31.0 Å². The van der Waals surface area contributed by atoms with Crippen molar-refractivity contribution in [2.75, 3.05) is 11.9 Å². The predicted octanol–water partition coefficient (Wildman–Crippen LogP) is 1.42. The Morgan fingerprint density at radius 2 is 2.35 bits per heavy atom. The number of hydrogen-bond acceptors (Lipinski definition) is 3. The predicted molar refractivity (Wildman–Crippen MR) is 69.9 cm³/mol. The number of aryl methyl sites for hydroxylation is 1. The van der Waals surface area contributed by atoms with Gasteiger partial charge in [0.05, 0.1) is 12.1 Å². The van der Waals surface area contributed by atoms with Gasteiger partial charge in [0.15, 0.2) is 0 Å². The topological polar surface area (TPSA) is 61.4 Å². The number of benzene rings is 1. The van der Waals surface area contributed by atoms with E-state index in [9.17, 15) is 9.90 Å². The molecule has 0 bridgehead atoms. The Bertz CT molecular complexity index is 437. The van der Waals surface area contributed by atoms with Gasteiger partial charge in [-0.25, -0.2) is 0 Å². The Hall–Kier alpha value is -0.910. The summed E-state index contributed by atoms with van der Waals surface area (Å²) in [6.45, 7) is 2.47. The molecule has 0 aliphatic carbocycles. The fourth-order valence-corrected chi connectivity index (χ4v) is 2.20. The van der Waals surface area contributed by atoms with Crippen molar-refractivity contribution < 1.29 is 9.90 Å². The second kappa shape index (κ2) is 5.16. The van der Waals surface area contributed by atoms with Crippen molar-refractivity contribution in [2.45, 2.75) is 25.5 Å². The zero-order chi connectivity index (χ0) is 12.4. The zero-order valence-corrected chi connectivity index (χ0v) is 11.1. The van der Waals surface area contributed by atoms with E-state index < -0.39 is 6.10 Å². The van der Waals surface area contributed by atoms with Gasteiger partial charge in [0.1, 0.15) is 0 Å². The molecule has 2 unspecified atom stereocenters. The van der Waals surface area contributed by atoms with Gasteiger partial charge in [-0.3, -0.25) is 4.79 Å². The van der Waals surface area contributed by atoms with E-state index in [2.05, 4.69) is 26.6 Å². The summed E-state index contributed by atoms with van der Waals surface area (Å²) >= 11 is 3.42. The largest absolute Gasteiger partial charge is 0.392 e. The van der Waals surface area contributed by atoms with E-state index in [1.54, 1.807) is 0 Å². The fourth-order valence-electron chi connectivity index (χ4n) is 1.82. The molecule has 1 amide bonds. The van der Waals surface area contributed by atoms with E-state index >= 15 is 0 Å². The maximum Gasteiger partial charge on any atom is 0.241 e. The average Bonchev–Trinajstić information content (AvgIpc) is 2.70. The van der Waals surface area contributed by atoms with Crippen LogP contribution in [0.25, 0.3) is 0 Å². The molecule has 0 spiro atoms. The smallest absolute Gasteiger partial charge is 0.241 e. The van der Waals surface area contributed by atoms with Crippen LogP contribution in [0.5, 0.6) is 0 Å². The molecule has 1 aliphatic rings. The number of carbonyl (C=O) groups excluding carboxylic acids is 1. The van der Waals surface area contributed by atoms with Crippen molar-refractivity contribution in [1.82, 2.24) is 5.32 Å².